The Balaban J connectivity index is 1.96. The van der Waals surface area contributed by atoms with E-state index in [-0.39, 0.29) is 11.8 Å². The molecular weight excluding hydrogens is 234 g/mol. The Kier molecular flexibility index (Phi) is 3.93. The van der Waals surface area contributed by atoms with E-state index in [9.17, 15) is 9.59 Å². The van der Waals surface area contributed by atoms with Gasteiger partial charge in [0.1, 0.15) is 0 Å². The molecule has 0 spiro atoms. The molecule has 0 unspecified atom stereocenters. The van der Waals surface area contributed by atoms with Crippen LogP contribution in [-0.4, -0.2) is 48.3 Å². The molecule has 18 heavy (non-hydrogen) atoms. The van der Waals surface area contributed by atoms with Crippen molar-refractivity contribution in [3.63, 3.8) is 0 Å². The zero-order valence-corrected chi connectivity index (χ0v) is 10.3. The zero-order chi connectivity index (χ0) is 13.0. The van der Waals surface area contributed by atoms with Crippen molar-refractivity contribution in [1.82, 2.24) is 20.4 Å². The first-order chi connectivity index (χ1) is 8.70. The number of rotatable bonds is 4. The first-order valence-electron chi connectivity index (χ1n) is 5.96. The Bertz CT molecular complexity index is 442. The third-order valence-electron chi connectivity index (χ3n) is 2.84. The summed E-state index contributed by atoms with van der Waals surface area (Å²) in [5.74, 6) is 0.654. The maximum Gasteiger partial charge on any atom is 0.242 e. The molecule has 0 bridgehead atoms. The predicted octanol–water partition coefficient (Wildman–Crippen LogP) is -1.04. The van der Waals surface area contributed by atoms with Crippen LogP contribution in [-0.2, 0) is 16.1 Å². The van der Waals surface area contributed by atoms with Crippen LogP contribution in [0.1, 0.15) is 6.42 Å². The molecule has 1 aromatic rings. The summed E-state index contributed by atoms with van der Waals surface area (Å²) in [6, 6.07) is 1.80. The number of aromatic nitrogens is 2. The topological polar surface area (TPSA) is 79.3 Å². The number of carbonyl (C=O) groups is 2. The molecule has 98 valence electrons. The lowest BCUT2D eigenvalue weighted by Crippen LogP contribution is -2.48. The van der Waals surface area contributed by atoms with Crippen LogP contribution in [0.3, 0.4) is 0 Å². The minimum Gasteiger partial charge on any atom is -0.359 e. The maximum atomic E-state index is 11.7. The highest BCUT2D eigenvalue weighted by molar-refractivity contribution is 5.94. The number of amides is 2. The molecule has 1 fully saturated rings. The molecule has 1 aromatic heterocycles. The van der Waals surface area contributed by atoms with Gasteiger partial charge in [0.15, 0.2) is 5.82 Å². The van der Waals surface area contributed by atoms with Gasteiger partial charge in [-0.15, -0.1) is 0 Å². The number of carbonyl (C=O) groups excluding carboxylic acids is 2. The minimum absolute atomic E-state index is 0.0229. The minimum atomic E-state index is -0.0229. The van der Waals surface area contributed by atoms with Crippen molar-refractivity contribution in [2.75, 3.05) is 31.6 Å². The highest BCUT2D eigenvalue weighted by Gasteiger charge is 2.21. The number of hydrogen-bond donors (Lipinski definition) is 2. The van der Waals surface area contributed by atoms with Crippen LogP contribution in [0.4, 0.5) is 5.82 Å². The van der Waals surface area contributed by atoms with Gasteiger partial charge < -0.3 is 10.6 Å². The fraction of sp³-hybridized carbons (Fsp3) is 0.545. The van der Waals surface area contributed by atoms with Gasteiger partial charge in [0.25, 0.3) is 0 Å². The number of hydrogen-bond acceptors (Lipinski definition) is 4. The zero-order valence-electron chi connectivity index (χ0n) is 10.3. The van der Waals surface area contributed by atoms with Gasteiger partial charge in [0.05, 0.1) is 6.54 Å². The second kappa shape index (κ2) is 5.63. The molecule has 0 aromatic carbocycles. The van der Waals surface area contributed by atoms with E-state index in [1.54, 1.807) is 28.9 Å². The van der Waals surface area contributed by atoms with E-state index >= 15 is 0 Å². The van der Waals surface area contributed by atoms with Gasteiger partial charge in [-0.05, 0) is 0 Å². The number of piperazine rings is 1. The van der Waals surface area contributed by atoms with Crippen molar-refractivity contribution in [3.05, 3.63) is 12.3 Å². The van der Waals surface area contributed by atoms with Crippen molar-refractivity contribution in [3.8, 4) is 0 Å². The van der Waals surface area contributed by atoms with Crippen molar-refractivity contribution in [2.45, 2.75) is 13.0 Å². The van der Waals surface area contributed by atoms with Crippen LogP contribution in [0.25, 0.3) is 0 Å². The standard InChI is InChI=1S/C11H17N5O2/c1-12-10(17)3-6-15-5-2-9(14-15)16-7-4-13-8-11(16)18/h2,5,13H,3-4,6-8H2,1H3,(H,12,17). The van der Waals surface area contributed by atoms with Crippen LogP contribution in [0, 0.1) is 0 Å². The summed E-state index contributed by atoms with van der Waals surface area (Å²) >= 11 is 0. The molecule has 1 aliphatic rings. The quantitative estimate of drug-likeness (QED) is 0.716. The summed E-state index contributed by atoms with van der Waals surface area (Å²) in [6.45, 7) is 2.27. The van der Waals surface area contributed by atoms with Gasteiger partial charge in [0, 0.05) is 45.4 Å². The smallest absolute Gasteiger partial charge is 0.242 e. The number of aryl methyl sites for hydroxylation is 1. The number of anilines is 1. The average Bonchev–Trinajstić information content (AvgIpc) is 2.85. The summed E-state index contributed by atoms with van der Waals surface area (Å²) in [5.41, 5.74) is 0. The average molecular weight is 251 g/mol. The Morgan fingerprint density at radius 3 is 3.17 bits per heavy atom. The Labute approximate surface area is 105 Å². The number of nitrogens with zero attached hydrogens (tertiary/aromatic N) is 3. The summed E-state index contributed by atoms with van der Waals surface area (Å²) in [4.78, 5) is 24.4. The highest BCUT2D eigenvalue weighted by atomic mass is 16.2. The van der Waals surface area contributed by atoms with Gasteiger partial charge in [-0.2, -0.15) is 5.10 Å². The Morgan fingerprint density at radius 1 is 1.61 bits per heavy atom. The number of nitrogens with one attached hydrogen (secondary N) is 2. The largest absolute Gasteiger partial charge is 0.359 e. The van der Waals surface area contributed by atoms with E-state index in [2.05, 4.69) is 15.7 Å². The third-order valence-corrected chi connectivity index (χ3v) is 2.84. The van der Waals surface area contributed by atoms with E-state index in [0.29, 0.717) is 31.9 Å². The molecular formula is C11H17N5O2. The van der Waals surface area contributed by atoms with Gasteiger partial charge in [-0.1, -0.05) is 0 Å². The molecule has 7 nitrogen and oxygen atoms in total. The lowest BCUT2D eigenvalue weighted by Gasteiger charge is -2.25. The fourth-order valence-corrected chi connectivity index (χ4v) is 1.81. The fourth-order valence-electron chi connectivity index (χ4n) is 1.81. The summed E-state index contributed by atoms with van der Waals surface area (Å²) in [7, 11) is 1.61. The van der Waals surface area contributed by atoms with E-state index in [4.69, 9.17) is 0 Å². The van der Waals surface area contributed by atoms with Crippen molar-refractivity contribution < 1.29 is 9.59 Å². The monoisotopic (exact) mass is 251 g/mol. The van der Waals surface area contributed by atoms with E-state index in [1.807, 2.05) is 0 Å². The summed E-state index contributed by atoms with van der Waals surface area (Å²) < 4.78 is 1.68. The second-order valence-corrected chi connectivity index (χ2v) is 4.08. The van der Waals surface area contributed by atoms with Crippen molar-refractivity contribution >= 4 is 17.6 Å². The maximum absolute atomic E-state index is 11.7. The van der Waals surface area contributed by atoms with Crippen LogP contribution in [0.15, 0.2) is 12.3 Å². The predicted molar refractivity (Wildman–Crippen MR) is 66.1 cm³/mol. The molecule has 2 amide bonds. The van der Waals surface area contributed by atoms with Crippen LogP contribution in [0.2, 0.25) is 0 Å². The second-order valence-electron chi connectivity index (χ2n) is 4.08. The van der Waals surface area contributed by atoms with E-state index in [0.717, 1.165) is 6.54 Å². The molecule has 1 saturated heterocycles. The van der Waals surface area contributed by atoms with Gasteiger partial charge in [-0.25, -0.2) is 0 Å². The van der Waals surface area contributed by atoms with E-state index in [1.165, 1.54) is 0 Å². The molecule has 0 radical (unpaired) electrons. The third kappa shape index (κ3) is 2.86. The summed E-state index contributed by atoms with van der Waals surface area (Å²) in [6.07, 6.45) is 2.17. The first kappa shape index (κ1) is 12.6. The van der Waals surface area contributed by atoms with Crippen molar-refractivity contribution in [1.29, 1.82) is 0 Å². The SMILES string of the molecule is CNC(=O)CCn1ccc(N2CCNCC2=O)n1. The lowest BCUT2D eigenvalue weighted by molar-refractivity contribution is -0.121. The van der Waals surface area contributed by atoms with Gasteiger partial charge >= 0.3 is 0 Å². The van der Waals surface area contributed by atoms with Crippen molar-refractivity contribution in [2.24, 2.45) is 0 Å². The van der Waals surface area contributed by atoms with Gasteiger partial charge in [0.2, 0.25) is 11.8 Å². The molecule has 0 aliphatic carbocycles. The summed E-state index contributed by atoms with van der Waals surface area (Å²) in [5, 5.41) is 9.87. The highest BCUT2D eigenvalue weighted by Crippen LogP contribution is 2.12. The molecule has 7 heteroatoms. The Morgan fingerprint density at radius 2 is 2.44 bits per heavy atom. The van der Waals surface area contributed by atoms with E-state index < -0.39 is 0 Å². The molecule has 0 atom stereocenters. The van der Waals surface area contributed by atoms with Crippen LogP contribution < -0.4 is 15.5 Å². The lowest BCUT2D eigenvalue weighted by atomic mass is 10.3. The Hall–Kier alpha value is -1.89. The normalized spacial score (nSPS) is 15.8. The molecule has 2 heterocycles. The van der Waals surface area contributed by atoms with Gasteiger partial charge in [-0.3, -0.25) is 19.2 Å². The first-order valence-corrected chi connectivity index (χ1v) is 5.96. The molecule has 1 aliphatic heterocycles. The molecule has 0 saturated carbocycles. The van der Waals surface area contributed by atoms with Crippen LogP contribution in [0.5, 0.6) is 0 Å². The molecule has 2 rings (SSSR count). The van der Waals surface area contributed by atoms with Crippen LogP contribution >= 0.6 is 0 Å². The molecule has 2 N–H and O–H groups in total.